The van der Waals surface area contributed by atoms with Gasteiger partial charge in [0.15, 0.2) is 0 Å². The van der Waals surface area contributed by atoms with Gasteiger partial charge in [0.25, 0.3) is 0 Å². The van der Waals surface area contributed by atoms with Gasteiger partial charge in [0.05, 0.1) is 6.10 Å². The van der Waals surface area contributed by atoms with Crippen molar-refractivity contribution in [1.29, 1.82) is 0 Å². The van der Waals surface area contributed by atoms with Gasteiger partial charge < -0.3 is 15.4 Å². The van der Waals surface area contributed by atoms with Crippen LogP contribution in [0.1, 0.15) is 62.7 Å². The molecule has 0 spiro atoms. The van der Waals surface area contributed by atoms with Crippen LogP contribution in [0.25, 0.3) is 0 Å². The summed E-state index contributed by atoms with van der Waals surface area (Å²) in [5.74, 6) is 1.29. The number of benzene rings is 1. The predicted octanol–water partition coefficient (Wildman–Crippen LogP) is 3.61. The fraction of sp³-hybridized carbons (Fsp3) is 0.682. The maximum absolute atomic E-state index is 12.2. The van der Waals surface area contributed by atoms with Gasteiger partial charge in [-0.25, -0.2) is 0 Å². The lowest BCUT2D eigenvalue weighted by atomic mass is 9.85. The van der Waals surface area contributed by atoms with E-state index in [-0.39, 0.29) is 12.0 Å². The van der Waals surface area contributed by atoms with Crippen LogP contribution in [-0.4, -0.2) is 32.1 Å². The summed E-state index contributed by atoms with van der Waals surface area (Å²) >= 11 is 0. The lowest BCUT2D eigenvalue weighted by Gasteiger charge is -2.28. The van der Waals surface area contributed by atoms with E-state index in [9.17, 15) is 4.79 Å². The molecule has 1 amide bonds. The first-order valence-electron chi connectivity index (χ1n) is 10.4. The molecule has 0 radical (unpaired) electrons. The summed E-state index contributed by atoms with van der Waals surface area (Å²) < 4.78 is 6.11. The van der Waals surface area contributed by atoms with Gasteiger partial charge in [0.2, 0.25) is 5.91 Å². The minimum absolute atomic E-state index is 0.186. The molecular weight excluding hydrogens is 324 g/mol. The number of piperidine rings is 1. The zero-order chi connectivity index (χ0) is 18.2. The molecule has 0 bridgehead atoms. The van der Waals surface area contributed by atoms with E-state index >= 15 is 0 Å². The molecule has 3 atom stereocenters. The van der Waals surface area contributed by atoms with Gasteiger partial charge in [0.1, 0.15) is 0 Å². The maximum Gasteiger partial charge on any atom is 0.220 e. The number of rotatable bonds is 8. The second kappa shape index (κ2) is 10.1. The molecule has 144 valence electrons. The monoisotopic (exact) mass is 358 g/mol. The molecule has 1 aromatic carbocycles. The highest BCUT2D eigenvalue weighted by molar-refractivity contribution is 5.76. The third-order valence-corrected chi connectivity index (χ3v) is 5.92. The van der Waals surface area contributed by atoms with Gasteiger partial charge in [-0.3, -0.25) is 4.79 Å². The van der Waals surface area contributed by atoms with Crippen molar-refractivity contribution in [2.45, 2.75) is 58.0 Å². The summed E-state index contributed by atoms with van der Waals surface area (Å²) in [6, 6.07) is 8.63. The second-order valence-electron chi connectivity index (χ2n) is 7.94. The van der Waals surface area contributed by atoms with Crippen molar-refractivity contribution in [1.82, 2.24) is 10.6 Å². The Balaban J connectivity index is 1.30. The number of hydrogen-bond acceptors (Lipinski definition) is 3. The molecule has 2 N–H and O–H groups in total. The van der Waals surface area contributed by atoms with Crippen LogP contribution in [0.15, 0.2) is 24.3 Å². The van der Waals surface area contributed by atoms with Gasteiger partial charge in [-0.1, -0.05) is 31.2 Å². The molecule has 1 heterocycles. The van der Waals surface area contributed by atoms with Crippen molar-refractivity contribution < 1.29 is 9.53 Å². The van der Waals surface area contributed by atoms with Gasteiger partial charge in [0, 0.05) is 19.6 Å². The minimum Gasteiger partial charge on any atom is -0.373 e. The third kappa shape index (κ3) is 5.55. The number of amides is 1. The van der Waals surface area contributed by atoms with Crippen molar-refractivity contribution in [3.05, 3.63) is 35.4 Å². The van der Waals surface area contributed by atoms with Gasteiger partial charge in [-0.05, 0) is 74.6 Å². The van der Waals surface area contributed by atoms with Gasteiger partial charge >= 0.3 is 0 Å². The largest absolute Gasteiger partial charge is 0.373 e. The molecule has 2 aliphatic rings. The van der Waals surface area contributed by atoms with Crippen LogP contribution < -0.4 is 10.6 Å². The van der Waals surface area contributed by atoms with Gasteiger partial charge in [-0.2, -0.15) is 0 Å². The number of carbonyl (C=O) groups excluding carboxylic acids is 1. The molecular formula is C22H34N2O2. The van der Waals surface area contributed by atoms with Crippen molar-refractivity contribution in [2.75, 3.05) is 26.2 Å². The first-order valence-corrected chi connectivity index (χ1v) is 10.4. The molecule has 0 saturated carbocycles. The molecule has 4 heteroatoms. The summed E-state index contributed by atoms with van der Waals surface area (Å²) in [6.45, 7) is 5.82. The number of fused-ring (bicyclic) bond motifs is 1. The van der Waals surface area contributed by atoms with Crippen LogP contribution in [0.4, 0.5) is 0 Å². The smallest absolute Gasteiger partial charge is 0.220 e. The Labute approximate surface area is 158 Å². The zero-order valence-electron chi connectivity index (χ0n) is 16.1. The Morgan fingerprint density at radius 1 is 1.31 bits per heavy atom. The number of ether oxygens (including phenoxy) is 1. The summed E-state index contributed by atoms with van der Waals surface area (Å²) in [5, 5.41) is 6.51. The normalized spacial score (nSPS) is 23.9. The highest BCUT2D eigenvalue weighted by atomic mass is 16.5. The fourth-order valence-electron chi connectivity index (χ4n) is 4.30. The quantitative estimate of drug-likeness (QED) is 0.698. The van der Waals surface area contributed by atoms with Crippen molar-refractivity contribution in [2.24, 2.45) is 11.8 Å². The number of carbonyl (C=O) groups is 1. The zero-order valence-corrected chi connectivity index (χ0v) is 16.1. The minimum atomic E-state index is 0.186. The Hall–Kier alpha value is -1.39. The van der Waals surface area contributed by atoms with Crippen molar-refractivity contribution in [3.63, 3.8) is 0 Å². The van der Waals surface area contributed by atoms with E-state index in [1.807, 2.05) is 0 Å². The number of aryl methyl sites for hydroxylation is 1. The first kappa shape index (κ1) is 19.4. The van der Waals surface area contributed by atoms with Crippen LogP contribution >= 0.6 is 0 Å². The van der Waals surface area contributed by atoms with E-state index in [0.29, 0.717) is 31.4 Å². The SMILES string of the molecule is CC(CC(=O)NCCCOC1CCCc2ccccc21)C1CCCNC1. The van der Waals surface area contributed by atoms with E-state index in [4.69, 9.17) is 4.74 Å². The third-order valence-electron chi connectivity index (χ3n) is 5.92. The lowest BCUT2D eigenvalue weighted by Crippen LogP contribution is -2.35. The molecule has 1 aliphatic carbocycles. The van der Waals surface area contributed by atoms with E-state index in [1.54, 1.807) is 0 Å². The predicted molar refractivity (Wildman–Crippen MR) is 105 cm³/mol. The molecule has 3 unspecified atom stereocenters. The maximum atomic E-state index is 12.2. The Morgan fingerprint density at radius 3 is 3.04 bits per heavy atom. The van der Waals surface area contributed by atoms with E-state index in [2.05, 4.69) is 41.8 Å². The molecule has 3 rings (SSSR count). The first-order chi connectivity index (χ1) is 12.7. The number of nitrogens with one attached hydrogen (secondary N) is 2. The second-order valence-corrected chi connectivity index (χ2v) is 7.94. The Bertz CT molecular complexity index is 569. The van der Waals surface area contributed by atoms with Crippen LogP contribution in [0, 0.1) is 11.8 Å². The summed E-state index contributed by atoms with van der Waals surface area (Å²) in [7, 11) is 0. The van der Waals surface area contributed by atoms with Crippen molar-refractivity contribution in [3.8, 4) is 0 Å². The summed E-state index contributed by atoms with van der Waals surface area (Å²) in [6.07, 6.45) is 7.71. The van der Waals surface area contributed by atoms with E-state index in [0.717, 1.165) is 25.9 Å². The molecule has 1 aliphatic heterocycles. The van der Waals surface area contributed by atoms with Crippen molar-refractivity contribution >= 4 is 5.91 Å². The summed E-state index contributed by atoms with van der Waals surface area (Å²) in [4.78, 5) is 12.2. The fourth-order valence-corrected chi connectivity index (χ4v) is 4.30. The van der Waals surface area contributed by atoms with Crippen LogP contribution in [0.5, 0.6) is 0 Å². The Morgan fingerprint density at radius 2 is 2.19 bits per heavy atom. The average molecular weight is 359 g/mol. The van der Waals surface area contributed by atoms with E-state index in [1.165, 1.54) is 36.8 Å². The van der Waals surface area contributed by atoms with Gasteiger partial charge in [-0.15, -0.1) is 0 Å². The molecule has 1 fully saturated rings. The molecule has 1 saturated heterocycles. The molecule has 0 aromatic heterocycles. The number of hydrogen-bond donors (Lipinski definition) is 2. The average Bonchev–Trinajstić information content (AvgIpc) is 2.68. The standard InChI is InChI=1S/C22H34N2O2/c1-17(19-9-5-12-23-16-19)15-22(25)24-13-6-14-26-21-11-4-8-18-7-2-3-10-20(18)21/h2-3,7,10,17,19,21,23H,4-6,8-9,11-16H2,1H3,(H,24,25). The highest BCUT2D eigenvalue weighted by Crippen LogP contribution is 2.32. The topological polar surface area (TPSA) is 50.4 Å². The van der Waals surface area contributed by atoms with Crippen LogP contribution in [0.3, 0.4) is 0 Å². The Kier molecular flexibility index (Phi) is 7.51. The lowest BCUT2D eigenvalue weighted by molar-refractivity contribution is -0.122. The molecule has 26 heavy (non-hydrogen) atoms. The highest BCUT2D eigenvalue weighted by Gasteiger charge is 2.22. The van der Waals surface area contributed by atoms with Crippen LogP contribution in [-0.2, 0) is 16.0 Å². The molecule has 4 nitrogen and oxygen atoms in total. The molecule has 1 aromatic rings. The van der Waals surface area contributed by atoms with Crippen LogP contribution in [0.2, 0.25) is 0 Å². The summed E-state index contributed by atoms with van der Waals surface area (Å²) in [5.41, 5.74) is 2.79. The van der Waals surface area contributed by atoms with E-state index < -0.39 is 0 Å².